The summed E-state index contributed by atoms with van der Waals surface area (Å²) in [7, 11) is 3.29. The number of aliphatic imine (C=N–C) groups is 2. The fourth-order valence-electron chi connectivity index (χ4n) is 5.58. The van der Waals surface area contributed by atoms with Crippen LogP contribution in [0.1, 0.15) is 22.9 Å². The molecule has 42 heavy (non-hydrogen) atoms. The van der Waals surface area contributed by atoms with Gasteiger partial charge in [-0.15, -0.1) is 0 Å². The van der Waals surface area contributed by atoms with E-state index in [1.165, 1.54) is 0 Å². The lowest BCUT2D eigenvalue weighted by Gasteiger charge is -2.40. The number of nitrogens with zero attached hydrogens (tertiary/aromatic N) is 5. The van der Waals surface area contributed by atoms with Crippen molar-refractivity contribution in [3.05, 3.63) is 118 Å². The molecule has 9 heteroatoms. The molecule has 7 rings (SSSR count). The van der Waals surface area contributed by atoms with Gasteiger partial charge in [-0.25, -0.2) is 14.7 Å². The van der Waals surface area contributed by atoms with Crippen molar-refractivity contribution >= 4 is 50.5 Å². The number of ether oxygens (including phenoxy) is 2. The number of nitrogens with one attached hydrogen (secondary N) is 1. The first-order valence-corrected chi connectivity index (χ1v) is 14.3. The van der Waals surface area contributed by atoms with Crippen LogP contribution in [0.15, 0.2) is 112 Å². The van der Waals surface area contributed by atoms with Gasteiger partial charge in [-0.1, -0.05) is 58.4 Å². The van der Waals surface area contributed by atoms with Crippen molar-refractivity contribution in [3.63, 3.8) is 0 Å². The van der Waals surface area contributed by atoms with Gasteiger partial charge >= 0.3 is 0 Å². The molecule has 0 saturated carbocycles. The van der Waals surface area contributed by atoms with E-state index >= 15 is 0 Å². The van der Waals surface area contributed by atoms with E-state index in [1.54, 1.807) is 14.2 Å². The van der Waals surface area contributed by atoms with Gasteiger partial charge < -0.3 is 19.7 Å². The van der Waals surface area contributed by atoms with Crippen molar-refractivity contribution in [1.82, 2.24) is 9.78 Å². The van der Waals surface area contributed by atoms with Gasteiger partial charge in [-0.2, -0.15) is 5.10 Å². The summed E-state index contributed by atoms with van der Waals surface area (Å²) >= 11 is 3.70. The lowest BCUT2D eigenvalue weighted by Crippen LogP contribution is -2.46. The first-order chi connectivity index (χ1) is 20.6. The molecule has 2 aliphatic rings. The Kier molecular flexibility index (Phi) is 6.51. The molecule has 2 aliphatic heterocycles. The topological polar surface area (TPSA) is 76.3 Å². The van der Waals surface area contributed by atoms with E-state index in [0.29, 0.717) is 23.2 Å². The summed E-state index contributed by atoms with van der Waals surface area (Å²) in [4.78, 5) is 12.6. The molecule has 8 nitrogen and oxygen atoms in total. The van der Waals surface area contributed by atoms with E-state index in [-0.39, 0.29) is 6.04 Å². The largest absolute Gasteiger partial charge is 0.497 e. The Bertz CT molecular complexity index is 1880. The molecule has 1 aromatic heterocycles. The number of halogens is 1. The second-order valence-electron chi connectivity index (χ2n) is 9.97. The first kappa shape index (κ1) is 26.0. The minimum absolute atomic E-state index is 0.219. The van der Waals surface area contributed by atoms with Crippen LogP contribution in [-0.2, 0) is 0 Å². The average molecular weight is 620 g/mol. The molecule has 208 valence electrons. The molecule has 4 aromatic carbocycles. The molecule has 5 aromatic rings. The molecule has 1 atom stereocenters. The van der Waals surface area contributed by atoms with E-state index in [0.717, 1.165) is 49.9 Å². The Morgan fingerprint density at radius 1 is 0.833 bits per heavy atom. The summed E-state index contributed by atoms with van der Waals surface area (Å²) in [5.74, 6) is 3.39. The van der Waals surface area contributed by atoms with Gasteiger partial charge in [-0.3, -0.25) is 0 Å². The van der Waals surface area contributed by atoms with E-state index in [1.807, 2.05) is 84.4 Å². The molecule has 0 spiro atoms. The lowest BCUT2D eigenvalue weighted by molar-refractivity contribution is 0.405. The van der Waals surface area contributed by atoms with Gasteiger partial charge in [0, 0.05) is 16.1 Å². The number of fused-ring (bicyclic) bond motifs is 4. The van der Waals surface area contributed by atoms with Crippen molar-refractivity contribution in [1.29, 1.82) is 0 Å². The van der Waals surface area contributed by atoms with Crippen LogP contribution in [0.5, 0.6) is 11.5 Å². The maximum Gasteiger partial charge on any atom is 0.179 e. The molecular weight excluding hydrogens is 592 g/mol. The smallest absolute Gasteiger partial charge is 0.179 e. The highest BCUT2D eigenvalue weighted by Crippen LogP contribution is 2.48. The highest BCUT2D eigenvalue weighted by molar-refractivity contribution is 9.10. The second kappa shape index (κ2) is 10.5. The van der Waals surface area contributed by atoms with Gasteiger partial charge in [0.25, 0.3) is 0 Å². The number of hydrogen-bond donors (Lipinski definition) is 1. The number of amidine groups is 2. The van der Waals surface area contributed by atoms with Crippen molar-refractivity contribution in [2.45, 2.75) is 13.0 Å². The molecular formula is C33H27BrN6O2. The van der Waals surface area contributed by atoms with Crippen LogP contribution >= 0.6 is 15.9 Å². The number of aryl methyl sites for hydroxylation is 1. The number of hydrogen-bond acceptors (Lipinski definition) is 7. The zero-order valence-electron chi connectivity index (χ0n) is 23.2. The highest BCUT2D eigenvalue weighted by Gasteiger charge is 2.41. The number of para-hydroxylation sites is 3. The molecule has 0 radical (unpaired) electrons. The Morgan fingerprint density at radius 2 is 1.64 bits per heavy atom. The fraction of sp³-hybridized carbons (Fsp3) is 0.121. The maximum atomic E-state index is 5.69. The molecule has 0 saturated heterocycles. The molecule has 0 bridgehead atoms. The number of anilines is 2. The van der Waals surface area contributed by atoms with Gasteiger partial charge in [-0.05, 0) is 61.0 Å². The lowest BCUT2D eigenvalue weighted by atomic mass is 9.93. The van der Waals surface area contributed by atoms with E-state index in [4.69, 9.17) is 24.6 Å². The first-order valence-electron chi connectivity index (χ1n) is 13.5. The summed E-state index contributed by atoms with van der Waals surface area (Å²) in [5.41, 5.74) is 6.49. The summed E-state index contributed by atoms with van der Waals surface area (Å²) < 4.78 is 14.1. The van der Waals surface area contributed by atoms with Crippen LogP contribution in [0.3, 0.4) is 0 Å². The van der Waals surface area contributed by atoms with Crippen molar-refractivity contribution in [2.75, 3.05) is 24.4 Å². The van der Waals surface area contributed by atoms with Crippen LogP contribution in [0.2, 0.25) is 0 Å². The molecule has 1 unspecified atom stereocenters. The summed E-state index contributed by atoms with van der Waals surface area (Å²) in [6, 6.07) is 32.0. The molecule has 0 aliphatic carbocycles. The Morgan fingerprint density at radius 3 is 2.43 bits per heavy atom. The number of benzene rings is 4. The van der Waals surface area contributed by atoms with Crippen molar-refractivity contribution in [2.24, 2.45) is 9.98 Å². The maximum absolute atomic E-state index is 5.69. The molecule has 0 amide bonds. The Labute approximate surface area is 252 Å². The van der Waals surface area contributed by atoms with Crippen LogP contribution < -0.4 is 19.7 Å². The zero-order chi connectivity index (χ0) is 28.8. The average Bonchev–Trinajstić information content (AvgIpc) is 3.36. The van der Waals surface area contributed by atoms with Crippen LogP contribution in [0.25, 0.3) is 5.69 Å². The third-order valence-electron chi connectivity index (χ3n) is 7.46. The minimum atomic E-state index is -0.219. The van der Waals surface area contributed by atoms with E-state index in [2.05, 4.69) is 50.4 Å². The second-order valence-corrected chi connectivity index (χ2v) is 10.9. The molecule has 0 fully saturated rings. The van der Waals surface area contributed by atoms with Crippen molar-refractivity contribution in [3.8, 4) is 17.2 Å². The standard InChI is InChI=1S/C33H27BrN6O2/c1-20-29-30(21-10-9-11-22(34)18-21)39-27-15-8-7-14-25(27)35-31(36-26-19-24(41-2)16-17-28(26)42-3)33(39)37-32(29)40(38-20)23-12-5-4-6-13-23/h4-19,30H,1-3H3,(H,35,36). The minimum Gasteiger partial charge on any atom is -0.497 e. The summed E-state index contributed by atoms with van der Waals surface area (Å²) in [6.07, 6.45) is 0. The third-order valence-corrected chi connectivity index (χ3v) is 7.96. The fourth-order valence-corrected chi connectivity index (χ4v) is 6.00. The molecule has 1 N–H and O–H groups in total. The van der Waals surface area contributed by atoms with E-state index in [9.17, 15) is 0 Å². The van der Waals surface area contributed by atoms with Crippen LogP contribution in [0.4, 0.5) is 22.9 Å². The Balaban J connectivity index is 1.50. The third kappa shape index (κ3) is 4.33. The normalized spacial score (nSPS) is 15.1. The van der Waals surface area contributed by atoms with Crippen LogP contribution in [-0.4, -0.2) is 35.7 Å². The predicted molar refractivity (Wildman–Crippen MR) is 171 cm³/mol. The van der Waals surface area contributed by atoms with Gasteiger partial charge in [0.05, 0.1) is 48.7 Å². The number of rotatable bonds is 5. The van der Waals surface area contributed by atoms with Gasteiger partial charge in [0.15, 0.2) is 17.5 Å². The summed E-state index contributed by atoms with van der Waals surface area (Å²) in [5, 5.41) is 8.54. The van der Waals surface area contributed by atoms with Gasteiger partial charge in [0.1, 0.15) is 11.5 Å². The predicted octanol–water partition coefficient (Wildman–Crippen LogP) is 7.76. The zero-order valence-corrected chi connectivity index (χ0v) is 24.8. The highest BCUT2D eigenvalue weighted by atomic mass is 79.9. The molecule has 3 heterocycles. The summed E-state index contributed by atoms with van der Waals surface area (Å²) in [6.45, 7) is 2.05. The van der Waals surface area contributed by atoms with E-state index < -0.39 is 0 Å². The van der Waals surface area contributed by atoms with Gasteiger partial charge in [0.2, 0.25) is 0 Å². The quantitative estimate of drug-likeness (QED) is 0.218. The van der Waals surface area contributed by atoms with Crippen molar-refractivity contribution < 1.29 is 9.47 Å². The SMILES string of the molecule is COc1ccc(OC)c(NC2=Nc3ccccc3N3C2=Nc2c(c(C)nn2-c2ccccc2)C3c2cccc(Br)c2)c1. The number of methoxy groups -OCH3 is 2. The monoisotopic (exact) mass is 618 g/mol. The Hall–Kier alpha value is -4.89. The van der Waals surface area contributed by atoms with Crippen LogP contribution in [0, 0.1) is 6.92 Å². The number of aromatic nitrogens is 2.